The van der Waals surface area contributed by atoms with Gasteiger partial charge in [0.15, 0.2) is 0 Å². The van der Waals surface area contributed by atoms with Crippen molar-refractivity contribution in [1.82, 2.24) is 0 Å². The minimum absolute atomic E-state index is 0.208. The standard InChI is InChI=1S/C12H13FO2/c13-8-2-3-9-10(14)7-12(4-1-5-12)15-11(9)6-8/h2-3,6,10,14H,1,4-5,7H2/t10-/m0/s1. The highest BCUT2D eigenvalue weighted by molar-refractivity contribution is 5.39. The number of aliphatic hydroxyl groups is 1. The Morgan fingerprint density at radius 1 is 1.40 bits per heavy atom. The smallest absolute Gasteiger partial charge is 0.128 e. The van der Waals surface area contributed by atoms with Gasteiger partial charge in [0.05, 0.1) is 6.10 Å². The predicted octanol–water partition coefficient (Wildman–Crippen LogP) is 2.56. The lowest BCUT2D eigenvalue weighted by molar-refractivity contribution is -0.0665. The van der Waals surface area contributed by atoms with Crippen LogP contribution in [0.4, 0.5) is 4.39 Å². The fourth-order valence-corrected chi connectivity index (χ4v) is 2.49. The van der Waals surface area contributed by atoms with E-state index in [0.29, 0.717) is 17.7 Å². The highest BCUT2D eigenvalue weighted by Gasteiger charge is 2.45. The zero-order valence-corrected chi connectivity index (χ0v) is 8.37. The molecule has 80 valence electrons. The van der Waals surface area contributed by atoms with E-state index in [9.17, 15) is 9.50 Å². The molecule has 1 heterocycles. The Morgan fingerprint density at radius 3 is 2.87 bits per heavy atom. The molecule has 2 nitrogen and oxygen atoms in total. The molecule has 3 rings (SSSR count). The molecular formula is C12H13FO2. The quantitative estimate of drug-likeness (QED) is 0.710. The summed E-state index contributed by atoms with van der Waals surface area (Å²) in [5.74, 6) is 0.214. The lowest BCUT2D eigenvalue weighted by Crippen LogP contribution is -2.46. The molecular weight excluding hydrogens is 195 g/mol. The lowest BCUT2D eigenvalue weighted by atomic mass is 9.73. The van der Waals surface area contributed by atoms with E-state index in [1.54, 1.807) is 6.07 Å². The van der Waals surface area contributed by atoms with Crippen molar-refractivity contribution >= 4 is 0 Å². The largest absolute Gasteiger partial charge is 0.487 e. The number of hydrogen-bond donors (Lipinski definition) is 1. The van der Waals surface area contributed by atoms with Crippen LogP contribution < -0.4 is 4.74 Å². The van der Waals surface area contributed by atoms with Crippen LogP contribution in [0.15, 0.2) is 18.2 Å². The monoisotopic (exact) mass is 208 g/mol. The van der Waals surface area contributed by atoms with E-state index in [-0.39, 0.29) is 11.4 Å². The van der Waals surface area contributed by atoms with Crippen LogP contribution in [0, 0.1) is 5.82 Å². The van der Waals surface area contributed by atoms with Gasteiger partial charge in [-0.05, 0) is 31.4 Å². The van der Waals surface area contributed by atoms with Gasteiger partial charge in [-0.1, -0.05) is 0 Å². The Balaban J connectivity index is 2.01. The second-order valence-electron chi connectivity index (χ2n) is 4.54. The van der Waals surface area contributed by atoms with E-state index in [1.165, 1.54) is 12.1 Å². The second kappa shape index (κ2) is 2.95. The Morgan fingerprint density at radius 2 is 2.20 bits per heavy atom. The van der Waals surface area contributed by atoms with E-state index in [1.807, 2.05) is 0 Å². The van der Waals surface area contributed by atoms with Crippen molar-refractivity contribution in [2.45, 2.75) is 37.4 Å². The van der Waals surface area contributed by atoms with Crippen LogP contribution in [-0.2, 0) is 0 Å². The summed E-state index contributed by atoms with van der Waals surface area (Å²) < 4.78 is 18.8. The molecule has 0 saturated heterocycles. The van der Waals surface area contributed by atoms with Gasteiger partial charge in [-0.15, -0.1) is 0 Å². The van der Waals surface area contributed by atoms with Gasteiger partial charge >= 0.3 is 0 Å². The van der Waals surface area contributed by atoms with Gasteiger partial charge in [0.1, 0.15) is 17.2 Å². The average Bonchev–Trinajstić information content (AvgIpc) is 2.14. The molecule has 1 fully saturated rings. The first-order chi connectivity index (χ1) is 7.19. The van der Waals surface area contributed by atoms with Gasteiger partial charge < -0.3 is 9.84 Å². The topological polar surface area (TPSA) is 29.5 Å². The molecule has 0 unspecified atom stereocenters. The Labute approximate surface area is 87.7 Å². The molecule has 1 atom stereocenters. The van der Waals surface area contributed by atoms with Gasteiger partial charge in [0.25, 0.3) is 0 Å². The second-order valence-corrected chi connectivity index (χ2v) is 4.54. The maximum Gasteiger partial charge on any atom is 0.128 e. The summed E-state index contributed by atoms with van der Waals surface area (Å²) in [7, 11) is 0. The highest BCUT2D eigenvalue weighted by atomic mass is 19.1. The van der Waals surface area contributed by atoms with Crippen LogP contribution in [0.25, 0.3) is 0 Å². The number of fused-ring (bicyclic) bond motifs is 1. The molecule has 1 spiro atoms. The van der Waals surface area contributed by atoms with Gasteiger partial charge in [-0.25, -0.2) is 4.39 Å². The number of hydrogen-bond acceptors (Lipinski definition) is 2. The number of rotatable bonds is 0. The number of benzene rings is 1. The van der Waals surface area contributed by atoms with Gasteiger partial charge in [0, 0.05) is 18.1 Å². The molecule has 15 heavy (non-hydrogen) atoms. The molecule has 3 heteroatoms. The summed E-state index contributed by atoms with van der Waals surface area (Å²) >= 11 is 0. The van der Waals surface area contributed by atoms with Crippen LogP contribution in [0.3, 0.4) is 0 Å². The van der Waals surface area contributed by atoms with Crippen molar-refractivity contribution in [3.8, 4) is 5.75 Å². The zero-order chi connectivity index (χ0) is 10.5. The Kier molecular flexibility index (Phi) is 1.80. The molecule has 1 aliphatic heterocycles. The SMILES string of the molecule is O[C@H]1CC2(CCC2)Oc2cc(F)ccc21. The predicted molar refractivity (Wildman–Crippen MR) is 53.2 cm³/mol. The van der Waals surface area contributed by atoms with Crippen molar-refractivity contribution in [2.75, 3.05) is 0 Å². The molecule has 0 radical (unpaired) electrons. The van der Waals surface area contributed by atoms with Crippen LogP contribution >= 0.6 is 0 Å². The maximum atomic E-state index is 13.0. The summed E-state index contributed by atoms with van der Waals surface area (Å²) in [6.45, 7) is 0. The van der Waals surface area contributed by atoms with Gasteiger partial charge in [0.2, 0.25) is 0 Å². The molecule has 2 aliphatic rings. The Hall–Kier alpha value is -1.09. The first-order valence-corrected chi connectivity index (χ1v) is 5.35. The third-order valence-electron chi connectivity index (χ3n) is 3.49. The third-order valence-corrected chi connectivity index (χ3v) is 3.49. The first-order valence-electron chi connectivity index (χ1n) is 5.35. The first kappa shape index (κ1) is 9.16. The van der Waals surface area contributed by atoms with Crippen molar-refractivity contribution in [3.63, 3.8) is 0 Å². The summed E-state index contributed by atoms with van der Waals surface area (Å²) in [5.41, 5.74) is 0.508. The van der Waals surface area contributed by atoms with E-state index >= 15 is 0 Å². The average molecular weight is 208 g/mol. The van der Waals surface area contributed by atoms with Crippen LogP contribution in [-0.4, -0.2) is 10.7 Å². The van der Waals surface area contributed by atoms with Crippen LogP contribution in [0.1, 0.15) is 37.4 Å². The van der Waals surface area contributed by atoms with E-state index < -0.39 is 6.10 Å². The molecule has 1 N–H and O–H groups in total. The van der Waals surface area contributed by atoms with Crippen molar-refractivity contribution in [2.24, 2.45) is 0 Å². The van der Waals surface area contributed by atoms with Gasteiger partial charge in [-0.2, -0.15) is 0 Å². The molecule has 1 saturated carbocycles. The van der Waals surface area contributed by atoms with Crippen molar-refractivity contribution < 1.29 is 14.2 Å². The molecule has 0 amide bonds. The maximum absolute atomic E-state index is 13.0. The minimum Gasteiger partial charge on any atom is -0.487 e. The van der Waals surface area contributed by atoms with E-state index in [4.69, 9.17) is 4.74 Å². The third kappa shape index (κ3) is 1.34. The Bertz CT molecular complexity index is 399. The summed E-state index contributed by atoms with van der Waals surface area (Å²) in [4.78, 5) is 0. The van der Waals surface area contributed by atoms with Gasteiger partial charge in [-0.3, -0.25) is 0 Å². The molecule has 1 aromatic rings. The summed E-state index contributed by atoms with van der Waals surface area (Å²) in [6.07, 6.45) is 3.22. The lowest BCUT2D eigenvalue weighted by Gasteiger charge is -2.46. The molecule has 1 aromatic carbocycles. The number of aliphatic hydroxyl groups excluding tert-OH is 1. The fraction of sp³-hybridized carbons (Fsp3) is 0.500. The zero-order valence-electron chi connectivity index (χ0n) is 8.37. The van der Waals surface area contributed by atoms with Crippen molar-refractivity contribution in [3.05, 3.63) is 29.6 Å². The normalized spacial score (nSPS) is 26.7. The molecule has 0 aromatic heterocycles. The fourth-order valence-electron chi connectivity index (χ4n) is 2.49. The van der Waals surface area contributed by atoms with E-state index in [0.717, 1.165) is 19.3 Å². The summed E-state index contributed by atoms with van der Waals surface area (Å²) in [6, 6.07) is 4.35. The van der Waals surface area contributed by atoms with E-state index in [2.05, 4.69) is 0 Å². The minimum atomic E-state index is -0.505. The van der Waals surface area contributed by atoms with Crippen LogP contribution in [0.5, 0.6) is 5.75 Å². The number of ether oxygens (including phenoxy) is 1. The molecule has 1 aliphatic carbocycles. The number of halogens is 1. The molecule has 0 bridgehead atoms. The van der Waals surface area contributed by atoms with Crippen molar-refractivity contribution in [1.29, 1.82) is 0 Å². The van der Waals surface area contributed by atoms with Crippen LogP contribution in [0.2, 0.25) is 0 Å². The highest BCUT2D eigenvalue weighted by Crippen LogP contribution is 2.48. The summed E-state index contributed by atoms with van der Waals surface area (Å²) in [5, 5.41) is 9.95.